The lowest BCUT2D eigenvalue weighted by Gasteiger charge is -2.21. The molecule has 1 atom stereocenters. The minimum atomic E-state index is -1.69. The van der Waals surface area contributed by atoms with Crippen LogP contribution in [0.3, 0.4) is 0 Å². The fourth-order valence-electron chi connectivity index (χ4n) is 2.49. The zero-order chi connectivity index (χ0) is 16.6. The van der Waals surface area contributed by atoms with Crippen molar-refractivity contribution in [2.75, 3.05) is 13.1 Å². The summed E-state index contributed by atoms with van der Waals surface area (Å²) >= 11 is 0.480. The van der Waals surface area contributed by atoms with Crippen molar-refractivity contribution >= 4 is 11.8 Å². The highest BCUT2D eigenvalue weighted by Gasteiger charge is 2.26. The van der Waals surface area contributed by atoms with Crippen LogP contribution in [0.2, 0.25) is 0 Å². The number of piperidine rings is 1. The highest BCUT2D eigenvalue weighted by Crippen LogP contribution is 2.33. The summed E-state index contributed by atoms with van der Waals surface area (Å²) in [7, 11) is 1.65. The van der Waals surface area contributed by atoms with Crippen molar-refractivity contribution in [1.82, 2.24) is 25.1 Å². The molecule has 1 aliphatic heterocycles. The molecule has 10 heteroatoms. The number of pyridine rings is 1. The Morgan fingerprint density at radius 3 is 2.43 bits per heavy atom. The third-order valence-corrected chi connectivity index (χ3v) is 4.78. The van der Waals surface area contributed by atoms with Crippen LogP contribution >= 0.6 is 11.8 Å². The van der Waals surface area contributed by atoms with Crippen molar-refractivity contribution in [2.24, 2.45) is 7.05 Å². The number of nitrogens with zero attached hydrogens (tertiary/aromatic N) is 4. The number of halogens is 4. The molecule has 124 valence electrons. The van der Waals surface area contributed by atoms with Gasteiger partial charge in [-0.1, -0.05) is 0 Å². The van der Waals surface area contributed by atoms with Crippen molar-refractivity contribution in [1.29, 1.82) is 0 Å². The molecule has 0 amide bonds. The van der Waals surface area contributed by atoms with E-state index in [1.807, 2.05) is 0 Å². The molecule has 2 aromatic rings. The van der Waals surface area contributed by atoms with Crippen LogP contribution in [0.4, 0.5) is 17.6 Å². The summed E-state index contributed by atoms with van der Waals surface area (Å²) < 4.78 is 55.3. The molecule has 0 saturated carbocycles. The van der Waals surface area contributed by atoms with E-state index in [0.717, 1.165) is 25.9 Å². The van der Waals surface area contributed by atoms with Crippen LogP contribution in [0, 0.1) is 23.5 Å². The van der Waals surface area contributed by atoms with Crippen LogP contribution < -0.4 is 5.32 Å². The first kappa shape index (κ1) is 16.2. The van der Waals surface area contributed by atoms with Crippen LogP contribution in [0.5, 0.6) is 0 Å². The fraction of sp³-hybridized carbons (Fsp3) is 0.462. The van der Waals surface area contributed by atoms with Gasteiger partial charge >= 0.3 is 0 Å². The molecule has 3 heterocycles. The molecule has 1 fully saturated rings. The molecule has 1 saturated heterocycles. The van der Waals surface area contributed by atoms with Crippen molar-refractivity contribution in [3.63, 3.8) is 0 Å². The van der Waals surface area contributed by atoms with Crippen LogP contribution in [0.15, 0.2) is 10.1 Å². The smallest absolute Gasteiger partial charge is 0.252 e. The minimum absolute atomic E-state index is 0.135. The van der Waals surface area contributed by atoms with Crippen molar-refractivity contribution in [3.8, 4) is 0 Å². The Balaban J connectivity index is 1.91. The summed E-state index contributed by atoms with van der Waals surface area (Å²) in [5, 5.41) is 11.3. The van der Waals surface area contributed by atoms with Gasteiger partial charge in [0.05, 0.1) is 4.90 Å². The van der Waals surface area contributed by atoms with Crippen LogP contribution in [-0.4, -0.2) is 32.8 Å². The van der Waals surface area contributed by atoms with Gasteiger partial charge < -0.3 is 9.88 Å². The predicted octanol–water partition coefficient (Wildman–Crippen LogP) is 2.38. The number of rotatable bonds is 3. The molecule has 0 bridgehead atoms. The Bertz CT molecular complexity index is 703. The monoisotopic (exact) mass is 347 g/mol. The van der Waals surface area contributed by atoms with Gasteiger partial charge in [-0.3, -0.25) is 0 Å². The maximum absolute atomic E-state index is 13.7. The van der Waals surface area contributed by atoms with E-state index < -0.39 is 28.4 Å². The molecule has 0 spiro atoms. The Morgan fingerprint density at radius 2 is 1.83 bits per heavy atom. The summed E-state index contributed by atoms with van der Waals surface area (Å²) in [6.07, 6.45) is 1.91. The maximum Gasteiger partial charge on any atom is 0.252 e. The van der Waals surface area contributed by atoms with Gasteiger partial charge in [0, 0.05) is 19.5 Å². The molecule has 1 N–H and O–H groups in total. The number of aromatic nitrogens is 4. The lowest BCUT2D eigenvalue weighted by Crippen LogP contribution is -2.29. The maximum atomic E-state index is 13.7. The number of nitrogens with one attached hydrogen (secondary N) is 1. The molecule has 23 heavy (non-hydrogen) atoms. The second kappa shape index (κ2) is 6.44. The first-order valence-corrected chi connectivity index (χ1v) is 7.78. The van der Waals surface area contributed by atoms with E-state index in [9.17, 15) is 17.6 Å². The molecule has 0 aromatic carbocycles. The molecule has 0 radical (unpaired) electrons. The van der Waals surface area contributed by atoms with Crippen LogP contribution in [0.25, 0.3) is 0 Å². The van der Waals surface area contributed by atoms with Crippen molar-refractivity contribution in [3.05, 3.63) is 29.4 Å². The van der Waals surface area contributed by atoms with Gasteiger partial charge in [0.1, 0.15) is 5.82 Å². The summed E-state index contributed by atoms with van der Waals surface area (Å²) in [6.45, 7) is 1.67. The Morgan fingerprint density at radius 1 is 1.13 bits per heavy atom. The van der Waals surface area contributed by atoms with E-state index in [2.05, 4.69) is 20.5 Å². The highest BCUT2D eigenvalue weighted by molar-refractivity contribution is 7.99. The third-order valence-electron chi connectivity index (χ3n) is 3.68. The van der Waals surface area contributed by atoms with Gasteiger partial charge in [-0.25, -0.2) is 8.78 Å². The summed E-state index contributed by atoms with van der Waals surface area (Å²) in [6, 6.07) is 0. The molecule has 2 aromatic heterocycles. The Labute approximate surface area is 133 Å². The second-order valence-electron chi connectivity index (χ2n) is 5.20. The second-order valence-corrected chi connectivity index (χ2v) is 6.17. The van der Waals surface area contributed by atoms with Crippen molar-refractivity contribution in [2.45, 2.75) is 28.8 Å². The third kappa shape index (κ3) is 3.05. The average Bonchev–Trinajstić information content (AvgIpc) is 2.91. The normalized spacial score (nSPS) is 18.4. The number of hydrogen-bond donors (Lipinski definition) is 1. The topological polar surface area (TPSA) is 55.6 Å². The van der Waals surface area contributed by atoms with Crippen LogP contribution in [0.1, 0.15) is 24.6 Å². The van der Waals surface area contributed by atoms with E-state index in [1.54, 1.807) is 11.6 Å². The molecular formula is C13H13F4N5S. The van der Waals surface area contributed by atoms with E-state index in [0.29, 0.717) is 17.6 Å². The summed E-state index contributed by atoms with van der Waals surface area (Å²) in [4.78, 5) is 1.71. The SMILES string of the molecule is Cn1c(Sc2c(F)c(F)nc(F)c2F)nnc1C1CCCNC1. The van der Waals surface area contributed by atoms with Gasteiger partial charge in [0.25, 0.3) is 11.9 Å². The average molecular weight is 347 g/mol. The van der Waals surface area contributed by atoms with Gasteiger partial charge in [0.15, 0.2) is 16.8 Å². The van der Waals surface area contributed by atoms with E-state index in [1.165, 1.54) is 0 Å². The van der Waals surface area contributed by atoms with Crippen LogP contribution in [-0.2, 0) is 7.05 Å². The zero-order valence-corrected chi connectivity index (χ0v) is 12.9. The lowest BCUT2D eigenvalue weighted by molar-refractivity contribution is 0.383. The molecule has 3 rings (SSSR count). The van der Waals surface area contributed by atoms with Gasteiger partial charge in [-0.2, -0.15) is 13.8 Å². The van der Waals surface area contributed by atoms with Gasteiger partial charge in [-0.05, 0) is 31.1 Å². The van der Waals surface area contributed by atoms with E-state index in [4.69, 9.17) is 0 Å². The zero-order valence-electron chi connectivity index (χ0n) is 12.1. The van der Waals surface area contributed by atoms with Crippen molar-refractivity contribution < 1.29 is 17.6 Å². The molecule has 0 aliphatic carbocycles. The molecule has 1 unspecified atom stereocenters. The quantitative estimate of drug-likeness (QED) is 0.682. The molecule has 1 aliphatic rings. The summed E-state index contributed by atoms with van der Waals surface area (Å²) in [5.74, 6) is -5.67. The summed E-state index contributed by atoms with van der Waals surface area (Å²) in [5.41, 5.74) is 0. The predicted molar refractivity (Wildman–Crippen MR) is 74.0 cm³/mol. The van der Waals surface area contributed by atoms with Gasteiger partial charge in [0.2, 0.25) is 0 Å². The Hall–Kier alpha value is -1.68. The highest BCUT2D eigenvalue weighted by atomic mass is 32.2. The minimum Gasteiger partial charge on any atom is -0.316 e. The van der Waals surface area contributed by atoms with Gasteiger partial charge in [-0.15, -0.1) is 10.2 Å². The first-order valence-electron chi connectivity index (χ1n) is 6.97. The van der Waals surface area contributed by atoms with E-state index in [-0.39, 0.29) is 11.1 Å². The van der Waals surface area contributed by atoms with E-state index >= 15 is 0 Å². The standard InChI is InChI=1S/C13H13F4N5S/c1-22-12(6-3-2-4-18-5-6)20-21-13(22)23-9-7(14)10(16)19-11(17)8(9)15/h6,18H,2-5H2,1H3. The molecular weight excluding hydrogens is 334 g/mol. The first-order chi connectivity index (χ1) is 11.0. The lowest BCUT2D eigenvalue weighted by atomic mass is 9.99. The molecule has 5 nitrogen and oxygen atoms in total. The Kier molecular flexibility index (Phi) is 4.53. The number of hydrogen-bond acceptors (Lipinski definition) is 5. The largest absolute Gasteiger partial charge is 0.316 e. The fourth-order valence-corrected chi connectivity index (χ4v) is 3.33.